The molecule has 23 heavy (non-hydrogen) atoms. The number of anilines is 2. The number of hydrogen-bond acceptors (Lipinski definition) is 4. The van der Waals surface area contributed by atoms with Gasteiger partial charge in [-0.05, 0) is 55.7 Å². The van der Waals surface area contributed by atoms with Crippen LogP contribution in [0.4, 0.5) is 11.4 Å². The molecule has 7 heteroatoms. The Bertz CT molecular complexity index is 813. The normalized spacial score (nSPS) is 14.4. The maximum absolute atomic E-state index is 12.2. The van der Waals surface area contributed by atoms with Crippen LogP contribution in [0.15, 0.2) is 41.0 Å². The van der Waals surface area contributed by atoms with Crippen molar-refractivity contribution in [3.8, 4) is 0 Å². The lowest BCUT2D eigenvalue weighted by Gasteiger charge is -2.30. The van der Waals surface area contributed by atoms with Crippen molar-refractivity contribution in [3.05, 3.63) is 47.9 Å². The molecule has 3 rings (SSSR count). The van der Waals surface area contributed by atoms with Gasteiger partial charge in [0.2, 0.25) is 10.0 Å². The van der Waals surface area contributed by atoms with Crippen molar-refractivity contribution in [1.82, 2.24) is 0 Å². The number of sulfonamides is 1. The molecule has 0 saturated carbocycles. The number of benzene rings is 1. The number of carbonyl (C=O) groups is 1. The van der Waals surface area contributed by atoms with Gasteiger partial charge < -0.3 is 9.73 Å². The highest BCUT2D eigenvalue weighted by atomic mass is 32.2. The molecule has 1 N–H and O–H groups in total. The average molecular weight is 334 g/mol. The Kier molecular flexibility index (Phi) is 4.12. The van der Waals surface area contributed by atoms with Crippen LogP contribution in [0.3, 0.4) is 0 Å². The largest absolute Gasteiger partial charge is 0.459 e. The second kappa shape index (κ2) is 6.08. The van der Waals surface area contributed by atoms with E-state index in [2.05, 4.69) is 5.32 Å². The summed E-state index contributed by atoms with van der Waals surface area (Å²) < 4.78 is 30.9. The zero-order valence-corrected chi connectivity index (χ0v) is 13.6. The predicted octanol–water partition coefficient (Wildman–Crippen LogP) is 2.63. The number of rotatable bonds is 4. The van der Waals surface area contributed by atoms with Crippen molar-refractivity contribution in [2.45, 2.75) is 19.8 Å². The molecule has 0 spiro atoms. The lowest BCUT2D eigenvalue weighted by Crippen LogP contribution is -2.36. The van der Waals surface area contributed by atoms with Gasteiger partial charge >= 0.3 is 0 Å². The number of furan rings is 1. The first-order chi connectivity index (χ1) is 11.0. The van der Waals surface area contributed by atoms with Crippen molar-refractivity contribution in [2.75, 3.05) is 21.9 Å². The first kappa shape index (κ1) is 15.6. The predicted molar refractivity (Wildman–Crippen MR) is 88.2 cm³/mol. The van der Waals surface area contributed by atoms with E-state index in [-0.39, 0.29) is 17.4 Å². The number of hydrogen-bond donors (Lipinski definition) is 1. The van der Waals surface area contributed by atoms with Gasteiger partial charge in [-0.2, -0.15) is 0 Å². The maximum Gasteiger partial charge on any atom is 0.291 e. The lowest BCUT2D eigenvalue weighted by atomic mass is 10.0. The number of amides is 1. The average Bonchev–Trinajstić information content (AvgIpc) is 3.08. The molecular weight excluding hydrogens is 316 g/mol. The van der Waals surface area contributed by atoms with E-state index in [1.54, 1.807) is 31.2 Å². The summed E-state index contributed by atoms with van der Waals surface area (Å²) in [5.74, 6) is -0.0228. The van der Waals surface area contributed by atoms with Crippen LogP contribution < -0.4 is 9.62 Å². The highest BCUT2D eigenvalue weighted by Crippen LogP contribution is 2.31. The molecule has 122 valence electrons. The molecule has 6 nitrogen and oxygen atoms in total. The quantitative estimate of drug-likeness (QED) is 0.932. The number of nitrogens with zero attached hydrogens (tertiary/aromatic N) is 1. The second-order valence-electron chi connectivity index (χ2n) is 5.35. The Balaban J connectivity index is 1.86. The first-order valence-corrected chi connectivity index (χ1v) is 9.10. The Morgan fingerprint density at radius 3 is 2.87 bits per heavy atom. The van der Waals surface area contributed by atoms with E-state index >= 15 is 0 Å². The van der Waals surface area contributed by atoms with Crippen molar-refractivity contribution in [3.63, 3.8) is 0 Å². The first-order valence-electron chi connectivity index (χ1n) is 7.49. The summed E-state index contributed by atoms with van der Waals surface area (Å²) in [4.78, 5) is 12.0. The van der Waals surface area contributed by atoms with Crippen molar-refractivity contribution in [2.24, 2.45) is 0 Å². The summed E-state index contributed by atoms with van der Waals surface area (Å²) in [7, 11) is -3.28. The van der Waals surface area contributed by atoms with Gasteiger partial charge in [-0.15, -0.1) is 0 Å². The molecule has 1 aliphatic heterocycles. The fourth-order valence-corrected chi connectivity index (χ4v) is 3.88. The topological polar surface area (TPSA) is 79.6 Å². The number of carbonyl (C=O) groups excluding carboxylic acids is 1. The van der Waals surface area contributed by atoms with Gasteiger partial charge in [0, 0.05) is 12.2 Å². The van der Waals surface area contributed by atoms with Crippen LogP contribution in [0.2, 0.25) is 0 Å². The second-order valence-corrected chi connectivity index (χ2v) is 7.53. The van der Waals surface area contributed by atoms with Crippen molar-refractivity contribution >= 4 is 27.3 Å². The number of aryl methyl sites for hydroxylation is 1. The Morgan fingerprint density at radius 2 is 2.17 bits per heavy atom. The summed E-state index contributed by atoms with van der Waals surface area (Å²) in [6.45, 7) is 2.14. The van der Waals surface area contributed by atoms with Crippen LogP contribution >= 0.6 is 0 Å². The molecule has 2 aromatic rings. The zero-order valence-electron chi connectivity index (χ0n) is 12.8. The molecular formula is C16H18N2O4S. The molecule has 1 aromatic carbocycles. The highest BCUT2D eigenvalue weighted by molar-refractivity contribution is 7.92. The monoisotopic (exact) mass is 334 g/mol. The van der Waals surface area contributed by atoms with Gasteiger partial charge in [0.15, 0.2) is 5.76 Å². The third-order valence-electron chi connectivity index (χ3n) is 3.86. The minimum absolute atomic E-state index is 0.0728. The zero-order chi connectivity index (χ0) is 16.4. The smallest absolute Gasteiger partial charge is 0.291 e. The summed E-state index contributed by atoms with van der Waals surface area (Å²) in [6.07, 6.45) is 2.99. The van der Waals surface area contributed by atoms with Crippen LogP contribution in [0, 0.1) is 0 Å². The van der Waals surface area contributed by atoms with E-state index in [1.807, 2.05) is 6.07 Å². The molecule has 0 aliphatic carbocycles. The third kappa shape index (κ3) is 3.10. The molecule has 1 aliphatic rings. The van der Waals surface area contributed by atoms with Gasteiger partial charge in [-0.25, -0.2) is 8.42 Å². The third-order valence-corrected chi connectivity index (χ3v) is 5.64. The van der Waals surface area contributed by atoms with Crippen LogP contribution in [-0.2, 0) is 16.4 Å². The molecule has 2 heterocycles. The summed E-state index contributed by atoms with van der Waals surface area (Å²) >= 11 is 0. The Labute approximate surface area is 135 Å². The van der Waals surface area contributed by atoms with Gasteiger partial charge in [0.1, 0.15) is 0 Å². The van der Waals surface area contributed by atoms with Gasteiger partial charge in [0.25, 0.3) is 5.91 Å². The minimum Gasteiger partial charge on any atom is -0.459 e. The summed E-state index contributed by atoms with van der Waals surface area (Å²) in [5.41, 5.74) is 2.25. The van der Waals surface area contributed by atoms with Crippen LogP contribution in [-0.4, -0.2) is 26.6 Å². The highest BCUT2D eigenvalue weighted by Gasteiger charge is 2.26. The summed E-state index contributed by atoms with van der Waals surface area (Å²) in [6, 6.07) is 8.52. The fourth-order valence-electron chi connectivity index (χ4n) is 2.69. The van der Waals surface area contributed by atoms with E-state index in [0.717, 1.165) is 18.4 Å². The van der Waals surface area contributed by atoms with Crippen LogP contribution in [0.5, 0.6) is 0 Å². The molecule has 0 saturated heterocycles. The van der Waals surface area contributed by atoms with E-state index in [1.165, 1.54) is 10.6 Å². The van der Waals surface area contributed by atoms with Gasteiger partial charge in [-0.3, -0.25) is 9.10 Å². The summed E-state index contributed by atoms with van der Waals surface area (Å²) in [5, 5.41) is 2.76. The SMILES string of the molecule is CCS(=O)(=O)N1CCCc2cc(NC(=O)c3ccco3)ccc21. The molecule has 0 fully saturated rings. The molecule has 0 bridgehead atoms. The standard InChI is InChI=1S/C16H18N2O4S/c1-2-23(20,21)18-9-3-5-12-11-13(7-8-14(12)18)17-16(19)15-6-4-10-22-15/h4,6-8,10-11H,2-3,5,9H2,1H3,(H,17,19). The van der Waals surface area contributed by atoms with E-state index < -0.39 is 10.0 Å². The van der Waals surface area contributed by atoms with Gasteiger partial charge in [0.05, 0.1) is 17.7 Å². The van der Waals surface area contributed by atoms with Crippen molar-refractivity contribution in [1.29, 1.82) is 0 Å². The van der Waals surface area contributed by atoms with E-state index in [4.69, 9.17) is 4.42 Å². The molecule has 0 atom stereocenters. The van der Waals surface area contributed by atoms with Gasteiger partial charge in [-0.1, -0.05) is 0 Å². The van der Waals surface area contributed by atoms with Crippen LogP contribution in [0.1, 0.15) is 29.5 Å². The fraction of sp³-hybridized carbons (Fsp3) is 0.312. The maximum atomic E-state index is 12.2. The lowest BCUT2D eigenvalue weighted by molar-refractivity contribution is 0.0996. The molecule has 1 aromatic heterocycles. The Morgan fingerprint density at radius 1 is 1.35 bits per heavy atom. The number of fused-ring (bicyclic) bond motifs is 1. The number of nitrogens with one attached hydrogen (secondary N) is 1. The molecule has 0 unspecified atom stereocenters. The minimum atomic E-state index is -3.28. The van der Waals surface area contributed by atoms with Crippen LogP contribution in [0.25, 0.3) is 0 Å². The molecule has 1 amide bonds. The van der Waals surface area contributed by atoms with E-state index in [0.29, 0.717) is 17.9 Å². The van der Waals surface area contributed by atoms with E-state index in [9.17, 15) is 13.2 Å². The Hall–Kier alpha value is -2.28. The van der Waals surface area contributed by atoms with Crippen molar-refractivity contribution < 1.29 is 17.6 Å². The molecule has 0 radical (unpaired) electrons.